The number of ether oxygens (including phenoxy) is 2. The average molecular weight is 487 g/mol. The van der Waals surface area contributed by atoms with Crippen LogP contribution < -0.4 is 20.5 Å². The number of fused-ring (bicyclic) bond motifs is 1. The van der Waals surface area contributed by atoms with Crippen molar-refractivity contribution in [3.63, 3.8) is 0 Å². The zero-order valence-corrected chi connectivity index (χ0v) is 20.8. The summed E-state index contributed by atoms with van der Waals surface area (Å²) >= 11 is 0. The van der Waals surface area contributed by atoms with E-state index in [-0.39, 0.29) is 12.1 Å². The van der Waals surface area contributed by atoms with Gasteiger partial charge in [0.05, 0.1) is 30.2 Å². The van der Waals surface area contributed by atoms with E-state index in [1.54, 1.807) is 13.3 Å². The number of hydrogen-bond donors (Lipinski definition) is 2. The minimum Gasteiger partial charge on any atom is -0.493 e. The van der Waals surface area contributed by atoms with E-state index < -0.39 is 10.7 Å². The SMILES string of the molecule is CC.CN.COc1cc2c(Cc3ccc([N+](=O)[O-])cc3F)ccnc2cc1OCC1CCCNC1. The van der Waals surface area contributed by atoms with Gasteiger partial charge in [-0.05, 0) is 55.8 Å². The molecule has 2 heterocycles. The second-order valence-corrected chi connectivity index (χ2v) is 7.72. The first kappa shape index (κ1) is 27.9. The molecule has 1 atom stereocenters. The quantitative estimate of drug-likeness (QED) is 0.362. The summed E-state index contributed by atoms with van der Waals surface area (Å²) in [6.07, 6.45) is 4.22. The van der Waals surface area contributed by atoms with Crippen molar-refractivity contribution >= 4 is 16.6 Å². The Balaban J connectivity index is 0.00000103. The lowest BCUT2D eigenvalue weighted by Crippen LogP contribution is -2.33. The summed E-state index contributed by atoms with van der Waals surface area (Å²) in [5.74, 6) is 1.08. The largest absolute Gasteiger partial charge is 0.493 e. The van der Waals surface area contributed by atoms with E-state index in [4.69, 9.17) is 9.47 Å². The summed E-state index contributed by atoms with van der Waals surface area (Å²) in [4.78, 5) is 14.7. The number of benzene rings is 2. The van der Waals surface area contributed by atoms with Gasteiger partial charge in [0.1, 0.15) is 5.82 Å². The van der Waals surface area contributed by atoms with Crippen LogP contribution in [0.3, 0.4) is 0 Å². The van der Waals surface area contributed by atoms with Gasteiger partial charge in [-0.1, -0.05) is 13.8 Å². The Morgan fingerprint density at radius 1 is 1.17 bits per heavy atom. The Kier molecular flexibility index (Phi) is 11.3. The van der Waals surface area contributed by atoms with Gasteiger partial charge in [-0.25, -0.2) is 4.39 Å². The molecule has 1 unspecified atom stereocenters. The minimum absolute atomic E-state index is 0.266. The molecule has 0 spiro atoms. The van der Waals surface area contributed by atoms with Gasteiger partial charge in [-0.15, -0.1) is 0 Å². The fourth-order valence-corrected chi connectivity index (χ4v) is 3.91. The molecule has 4 rings (SSSR count). The standard InChI is InChI=1S/C23H24FN3O4.C2H6.CH5N/c1-30-22-11-19-16(9-17-4-5-18(27(28)29)10-20(17)24)6-8-26-21(19)12-23(22)31-14-15-3-2-7-25-13-15;2*1-2/h4-6,8,10-12,15,25H,2-3,7,9,13-14H2,1H3;1-2H3;2H2,1H3. The molecule has 2 aromatic carbocycles. The smallest absolute Gasteiger partial charge is 0.272 e. The zero-order valence-electron chi connectivity index (χ0n) is 20.8. The predicted molar refractivity (Wildman–Crippen MR) is 137 cm³/mol. The van der Waals surface area contributed by atoms with Crippen molar-refractivity contribution in [2.75, 3.05) is 33.9 Å². The van der Waals surface area contributed by atoms with Crippen molar-refractivity contribution in [3.05, 3.63) is 69.7 Å². The van der Waals surface area contributed by atoms with Crippen LogP contribution in [0.5, 0.6) is 11.5 Å². The van der Waals surface area contributed by atoms with Crippen molar-refractivity contribution in [1.29, 1.82) is 0 Å². The van der Waals surface area contributed by atoms with Crippen molar-refractivity contribution in [2.24, 2.45) is 11.7 Å². The summed E-state index contributed by atoms with van der Waals surface area (Å²) in [7, 11) is 3.09. The highest BCUT2D eigenvalue weighted by atomic mass is 19.1. The number of nitrogens with two attached hydrogens (primary N) is 1. The van der Waals surface area contributed by atoms with Crippen molar-refractivity contribution in [2.45, 2.75) is 33.1 Å². The van der Waals surface area contributed by atoms with Crippen molar-refractivity contribution < 1.29 is 18.8 Å². The summed E-state index contributed by atoms with van der Waals surface area (Å²) in [6, 6.07) is 9.23. The van der Waals surface area contributed by atoms with Gasteiger partial charge in [0.15, 0.2) is 11.5 Å². The first-order valence-corrected chi connectivity index (χ1v) is 11.8. The van der Waals surface area contributed by atoms with Crippen LogP contribution in [0.15, 0.2) is 42.6 Å². The molecule has 0 bridgehead atoms. The van der Waals surface area contributed by atoms with Crippen LogP contribution in [0.25, 0.3) is 10.9 Å². The molecule has 1 aliphatic heterocycles. The molecule has 1 saturated heterocycles. The number of nitro benzene ring substituents is 1. The third kappa shape index (κ3) is 7.34. The lowest BCUT2D eigenvalue weighted by atomic mass is 10.00. The number of non-ortho nitro benzene ring substituents is 1. The molecule has 3 N–H and O–H groups in total. The lowest BCUT2D eigenvalue weighted by Gasteiger charge is -2.23. The Morgan fingerprint density at radius 2 is 1.94 bits per heavy atom. The second kappa shape index (κ2) is 14.2. The minimum atomic E-state index is -0.607. The van der Waals surface area contributed by atoms with E-state index in [0.717, 1.165) is 48.5 Å². The van der Waals surface area contributed by atoms with Gasteiger partial charge in [-0.2, -0.15) is 0 Å². The van der Waals surface area contributed by atoms with Gasteiger partial charge in [-0.3, -0.25) is 15.1 Å². The monoisotopic (exact) mass is 486 g/mol. The van der Waals surface area contributed by atoms with Crippen LogP contribution in [0.1, 0.15) is 37.8 Å². The summed E-state index contributed by atoms with van der Waals surface area (Å²) in [6.45, 7) is 6.60. The fourth-order valence-electron chi connectivity index (χ4n) is 3.91. The number of nitro groups is 1. The first-order valence-electron chi connectivity index (χ1n) is 11.8. The molecule has 0 amide bonds. The van der Waals surface area contributed by atoms with E-state index >= 15 is 0 Å². The van der Waals surface area contributed by atoms with Gasteiger partial charge >= 0.3 is 0 Å². The molecule has 8 nitrogen and oxygen atoms in total. The van der Waals surface area contributed by atoms with Crippen molar-refractivity contribution in [1.82, 2.24) is 10.3 Å². The maximum Gasteiger partial charge on any atom is 0.272 e. The average Bonchev–Trinajstić information content (AvgIpc) is 2.91. The van der Waals surface area contributed by atoms with E-state index in [1.165, 1.54) is 19.2 Å². The number of hydrogen-bond acceptors (Lipinski definition) is 7. The molecular formula is C26H35FN4O4. The molecule has 9 heteroatoms. The Hall–Kier alpha value is -3.30. The molecule has 1 aliphatic rings. The number of nitrogens with zero attached hydrogens (tertiary/aromatic N) is 2. The third-order valence-electron chi connectivity index (χ3n) is 5.62. The number of rotatable bonds is 7. The second-order valence-electron chi connectivity index (χ2n) is 7.72. The maximum absolute atomic E-state index is 14.4. The topological polar surface area (TPSA) is 113 Å². The molecule has 1 fully saturated rings. The van der Waals surface area contributed by atoms with Gasteiger partial charge in [0.2, 0.25) is 0 Å². The third-order valence-corrected chi connectivity index (χ3v) is 5.62. The molecule has 190 valence electrons. The van der Waals surface area contributed by atoms with E-state index in [9.17, 15) is 14.5 Å². The van der Waals surface area contributed by atoms with Crippen molar-refractivity contribution in [3.8, 4) is 11.5 Å². The van der Waals surface area contributed by atoms with Crippen LogP contribution in [0.2, 0.25) is 0 Å². The van der Waals surface area contributed by atoms with E-state index in [0.29, 0.717) is 29.6 Å². The van der Waals surface area contributed by atoms with Crippen LogP contribution in [0, 0.1) is 21.8 Å². The summed E-state index contributed by atoms with van der Waals surface area (Å²) < 4.78 is 26.0. The normalized spacial score (nSPS) is 14.7. The highest BCUT2D eigenvalue weighted by Gasteiger charge is 2.17. The molecule has 1 aromatic heterocycles. The summed E-state index contributed by atoms with van der Waals surface area (Å²) in [5.41, 5.74) is 6.18. The molecular weight excluding hydrogens is 451 g/mol. The maximum atomic E-state index is 14.4. The van der Waals surface area contributed by atoms with Crippen LogP contribution in [0.4, 0.5) is 10.1 Å². The molecule has 0 saturated carbocycles. The van der Waals surface area contributed by atoms with E-state index in [1.807, 2.05) is 32.0 Å². The Bertz CT molecular complexity index is 1100. The molecule has 0 radical (unpaired) electrons. The van der Waals surface area contributed by atoms with Gasteiger partial charge in [0, 0.05) is 42.6 Å². The highest BCUT2D eigenvalue weighted by Crippen LogP contribution is 2.34. The molecule has 35 heavy (non-hydrogen) atoms. The van der Waals surface area contributed by atoms with E-state index in [2.05, 4.69) is 16.0 Å². The van der Waals surface area contributed by atoms with Gasteiger partial charge in [0.25, 0.3) is 5.69 Å². The number of methoxy groups -OCH3 is 1. The van der Waals surface area contributed by atoms with Crippen LogP contribution in [-0.4, -0.2) is 43.8 Å². The Labute approximate surface area is 205 Å². The molecule has 3 aromatic rings. The summed E-state index contributed by atoms with van der Waals surface area (Å²) in [5, 5.41) is 15.1. The fraction of sp³-hybridized carbons (Fsp3) is 0.423. The first-order chi connectivity index (χ1) is 17.0. The van der Waals surface area contributed by atoms with Gasteiger partial charge < -0.3 is 20.5 Å². The predicted octanol–water partition coefficient (Wildman–Crippen LogP) is 4.86. The number of aromatic nitrogens is 1. The Morgan fingerprint density at radius 3 is 2.57 bits per heavy atom. The van der Waals surface area contributed by atoms with Crippen LogP contribution in [-0.2, 0) is 6.42 Å². The number of pyridine rings is 1. The zero-order chi connectivity index (χ0) is 25.8. The molecule has 0 aliphatic carbocycles. The highest BCUT2D eigenvalue weighted by molar-refractivity contribution is 5.86. The number of piperidine rings is 1. The number of halogens is 1. The lowest BCUT2D eigenvalue weighted by molar-refractivity contribution is -0.385. The number of nitrogens with one attached hydrogen (secondary N) is 1. The van der Waals surface area contributed by atoms with Crippen LogP contribution >= 0.6 is 0 Å².